The fourth-order valence-corrected chi connectivity index (χ4v) is 7.80. The van der Waals surface area contributed by atoms with Crippen molar-refractivity contribution in [1.82, 2.24) is 29.8 Å². The van der Waals surface area contributed by atoms with Gasteiger partial charge < -0.3 is 20.1 Å². The fourth-order valence-electron chi connectivity index (χ4n) is 7.60. The number of carbonyl (C=O) groups is 2. The minimum atomic E-state index is -0.763. The Morgan fingerprint density at radius 1 is 0.722 bits per heavy atom. The minimum absolute atomic E-state index is 0.0155. The van der Waals surface area contributed by atoms with Crippen molar-refractivity contribution in [2.75, 3.05) is 20.1 Å². The number of ether oxygens (including phenoxy) is 1. The molecule has 4 atom stereocenters. The summed E-state index contributed by atoms with van der Waals surface area (Å²) in [5, 5.41) is 22.7. The van der Waals surface area contributed by atoms with Gasteiger partial charge in [0.15, 0.2) is 17.1 Å². The van der Waals surface area contributed by atoms with Gasteiger partial charge in [0.1, 0.15) is 5.75 Å². The highest BCUT2D eigenvalue weighted by Crippen LogP contribution is 2.42. The summed E-state index contributed by atoms with van der Waals surface area (Å²) in [4.78, 5) is 54.3. The number of aromatic hydroxyl groups is 1. The van der Waals surface area contributed by atoms with Crippen LogP contribution in [0.15, 0.2) is 131 Å². The van der Waals surface area contributed by atoms with Crippen molar-refractivity contribution in [1.29, 1.82) is 0 Å². The summed E-state index contributed by atoms with van der Waals surface area (Å²) in [5.74, 6) is -2.37. The summed E-state index contributed by atoms with van der Waals surface area (Å²) >= 11 is 6.48. The number of rotatable bonds is 8. The second-order valence-corrected chi connectivity index (χ2v) is 13.8. The molecule has 2 aliphatic heterocycles. The van der Waals surface area contributed by atoms with Gasteiger partial charge >= 0.3 is 0 Å². The Bertz CT molecular complexity index is 2520. The standard InChI is InChI=1S/C41H33ClN6O6/c1-46-23-31(35(25-12-6-3-7-13-25)26-14-8-16-28(42)18-26)48-37(41(46)53)39(33(50)22-45-48)54-29-17-9-15-27(19-29)34(24-10-4-2-5-11-24)30-20-43-40(52)36-38(51)32(49)21-44-47(30)36/h2-19,21-22,30-31,34-35,51H,20,23H2,1H3,(H,43,52). The number of amides is 2. The minimum Gasteiger partial charge on any atom is -0.502 e. The van der Waals surface area contributed by atoms with Crippen LogP contribution in [0.2, 0.25) is 5.02 Å². The molecule has 0 bridgehead atoms. The summed E-state index contributed by atoms with van der Waals surface area (Å²) in [6.45, 7) is 0.443. The van der Waals surface area contributed by atoms with Gasteiger partial charge in [0.25, 0.3) is 11.8 Å². The molecule has 2 aliphatic rings. The molecule has 0 saturated heterocycles. The molecule has 13 heteroatoms. The third kappa shape index (κ3) is 6.20. The highest BCUT2D eigenvalue weighted by molar-refractivity contribution is 6.30. The van der Waals surface area contributed by atoms with E-state index in [2.05, 4.69) is 15.5 Å². The van der Waals surface area contributed by atoms with Gasteiger partial charge in [-0.1, -0.05) is 96.5 Å². The lowest BCUT2D eigenvalue weighted by molar-refractivity contribution is 0.0687. The lowest BCUT2D eigenvalue weighted by Crippen LogP contribution is -2.45. The van der Waals surface area contributed by atoms with Crippen LogP contribution in [0.3, 0.4) is 0 Å². The molecule has 0 saturated carbocycles. The Balaban J connectivity index is 1.23. The van der Waals surface area contributed by atoms with E-state index in [9.17, 15) is 24.3 Å². The maximum absolute atomic E-state index is 14.0. The largest absolute Gasteiger partial charge is 0.502 e. The Hall–Kier alpha value is -6.53. The van der Waals surface area contributed by atoms with Crippen LogP contribution in [0.25, 0.3) is 0 Å². The number of likely N-dealkylation sites (N-methyl/N-ethyl adjacent to an activating group) is 1. The molecule has 0 spiro atoms. The Kier molecular flexibility index (Phi) is 9.04. The highest BCUT2D eigenvalue weighted by Gasteiger charge is 2.40. The number of fused-ring (bicyclic) bond motifs is 2. The van der Waals surface area contributed by atoms with E-state index in [4.69, 9.17) is 16.3 Å². The number of carbonyl (C=O) groups excluding carboxylic acids is 2. The summed E-state index contributed by atoms with van der Waals surface area (Å²) in [6, 6.07) is 33.0. The fraction of sp³-hybridized carbons (Fsp3) is 0.171. The van der Waals surface area contributed by atoms with Crippen LogP contribution < -0.4 is 20.9 Å². The number of hydrogen-bond acceptors (Lipinski definition) is 8. The normalized spacial score (nSPS) is 17.6. The lowest BCUT2D eigenvalue weighted by Gasteiger charge is -2.38. The molecular weight excluding hydrogens is 708 g/mol. The van der Waals surface area contributed by atoms with Gasteiger partial charge in [-0.3, -0.25) is 28.5 Å². The molecule has 0 fully saturated rings. The topological polar surface area (TPSA) is 149 Å². The number of nitrogens with zero attached hydrogens (tertiary/aromatic N) is 5. The zero-order valence-electron chi connectivity index (χ0n) is 28.9. The first-order chi connectivity index (χ1) is 26.2. The lowest BCUT2D eigenvalue weighted by atomic mass is 9.84. The van der Waals surface area contributed by atoms with E-state index in [1.54, 1.807) is 40.9 Å². The summed E-state index contributed by atoms with van der Waals surface area (Å²) in [5.41, 5.74) is 1.93. The molecule has 8 rings (SSSR count). The zero-order chi connectivity index (χ0) is 37.5. The van der Waals surface area contributed by atoms with E-state index >= 15 is 0 Å². The Morgan fingerprint density at radius 3 is 1.96 bits per heavy atom. The van der Waals surface area contributed by atoms with E-state index in [1.165, 1.54) is 10.9 Å². The maximum Gasteiger partial charge on any atom is 0.275 e. The first-order valence-corrected chi connectivity index (χ1v) is 17.7. The molecule has 0 radical (unpaired) electrons. The van der Waals surface area contributed by atoms with Gasteiger partial charge in [0, 0.05) is 37.0 Å². The first-order valence-electron chi connectivity index (χ1n) is 17.3. The molecule has 4 heterocycles. The smallest absolute Gasteiger partial charge is 0.275 e. The van der Waals surface area contributed by atoms with Crippen LogP contribution in [0, 0.1) is 0 Å². The van der Waals surface area contributed by atoms with Crippen LogP contribution in [-0.4, -0.2) is 61.5 Å². The SMILES string of the molecule is CN1CC(C(c2ccccc2)c2cccc(Cl)c2)n2ncc(=O)c(Oc3cccc(C(c4ccccc4)C4CNC(=O)c5c(O)c(=O)cnn54)c3)c2C1=O. The second-order valence-electron chi connectivity index (χ2n) is 13.3. The molecule has 6 aromatic rings. The van der Waals surface area contributed by atoms with Crippen LogP contribution in [-0.2, 0) is 0 Å². The van der Waals surface area contributed by atoms with Gasteiger partial charge in [-0.05, 0) is 46.5 Å². The Labute approximate surface area is 313 Å². The summed E-state index contributed by atoms with van der Waals surface area (Å²) in [7, 11) is 1.69. The van der Waals surface area contributed by atoms with Gasteiger partial charge in [0.05, 0.1) is 24.5 Å². The average molecular weight is 741 g/mol. The predicted molar refractivity (Wildman–Crippen MR) is 201 cm³/mol. The van der Waals surface area contributed by atoms with Crippen molar-refractivity contribution in [3.05, 3.63) is 181 Å². The monoisotopic (exact) mass is 740 g/mol. The van der Waals surface area contributed by atoms with Crippen LogP contribution in [0.1, 0.15) is 67.2 Å². The van der Waals surface area contributed by atoms with Crippen molar-refractivity contribution >= 4 is 23.4 Å². The highest BCUT2D eigenvalue weighted by atomic mass is 35.5. The third-order valence-corrected chi connectivity index (χ3v) is 10.2. The molecule has 0 aliphatic carbocycles. The molecule has 2 N–H and O–H groups in total. The van der Waals surface area contributed by atoms with E-state index in [0.717, 1.165) is 28.5 Å². The molecule has 4 aromatic carbocycles. The maximum atomic E-state index is 14.0. The van der Waals surface area contributed by atoms with E-state index < -0.39 is 46.4 Å². The molecule has 4 unspecified atom stereocenters. The van der Waals surface area contributed by atoms with Crippen LogP contribution in [0.5, 0.6) is 17.2 Å². The van der Waals surface area contributed by atoms with Crippen molar-refractivity contribution in [3.63, 3.8) is 0 Å². The van der Waals surface area contributed by atoms with Crippen molar-refractivity contribution < 1.29 is 19.4 Å². The number of nitrogens with one attached hydrogen (secondary N) is 1. The van der Waals surface area contributed by atoms with Crippen molar-refractivity contribution in [2.45, 2.75) is 23.9 Å². The third-order valence-electron chi connectivity index (χ3n) is 10.0. The predicted octanol–water partition coefficient (Wildman–Crippen LogP) is 5.53. The van der Waals surface area contributed by atoms with Crippen LogP contribution in [0.4, 0.5) is 0 Å². The molecule has 54 heavy (non-hydrogen) atoms. The first kappa shape index (κ1) is 34.6. The summed E-state index contributed by atoms with van der Waals surface area (Å²) < 4.78 is 9.38. The molecule has 2 aromatic heterocycles. The van der Waals surface area contributed by atoms with Gasteiger partial charge in [-0.2, -0.15) is 10.2 Å². The Morgan fingerprint density at radius 2 is 1.30 bits per heavy atom. The second kappa shape index (κ2) is 14.1. The zero-order valence-corrected chi connectivity index (χ0v) is 29.6. The number of hydrogen-bond donors (Lipinski definition) is 2. The van der Waals surface area contributed by atoms with Gasteiger partial charge in [-0.15, -0.1) is 0 Å². The van der Waals surface area contributed by atoms with E-state index in [-0.39, 0.29) is 35.3 Å². The number of halogens is 1. The summed E-state index contributed by atoms with van der Waals surface area (Å²) in [6.07, 6.45) is 2.16. The van der Waals surface area contributed by atoms with E-state index in [0.29, 0.717) is 11.6 Å². The number of benzene rings is 4. The molecule has 2 amide bonds. The molecule has 12 nitrogen and oxygen atoms in total. The average Bonchev–Trinajstić information content (AvgIpc) is 3.18. The van der Waals surface area contributed by atoms with Crippen LogP contribution >= 0.6 is 11.6 Å². The van der Waals surface area contributed by atoms with E-state index in [1.807, 2.05) is 84.9 Å². The molecule has 270 valence electrons. The van der Waals surface area contributed by atoms with Gasteiger partial charge in [-0.25, -0.2) is 0 Å². The van der Waals surface area contributed by atoms with Crippen molar-refractivity contribution in [2.24, 2.45) is 0 Å². The van der Waals surface area contributed by atoms with Crippen molar-refractivity contribution in [3.8, 4) is 17.2 Å². The molecular formula is C41H33ClN6O6. The number of aromatic nitrogens is 4. The van der Waals surface area contributed by atoms with Gasteiger partial charge in [0.2, 0.25) is 16.6 Å². The quantitative estimate of drug-likeness (QED) is 0.207.